The molecule has 2 N–H and O–H groups in total. The average molecular weight is 716 g/mol. The highest BCUT2D eigenvalue weighted by atomic mass is 16.6. The molecule has 0 aliphatic rings. The summed E-state index contributed by atoms with van der Waals surface area (Å²) in [5.74, 6) is -1.51. The first-order valence-electron chi connectivity index (χ1n) is 17.1. The van der Waals surface area contributed by atoms with Crippen molar-refractivity contribution in [1.82, 2.24) is 5.32 Å². The van der Waals surface area contributed by atoms with E-state index < -0.39 is 5.97 Å². The quantitative estimate of drug-likeness (QED) is 0.0656. The van der Waals surface area contributed by atoms with Crippen LogP contribution in [-0.2, 0) is 71.2 Å². The summed E-state index contributed by atoms with van der Waals surface area (Å²) in [6, 6.07) is 0. The number of rotatable bonds is 41. The zero-order valence-corrected chi connectivity index (χ0v) is 29.4. The predicted molar refractivity (Wildman–Crippen MR) is 175 cm³/mol. The molecule has 0 unspecified atom stereocenters. The number of hydrogen-bond donors (Lipinski definition) is 2. The Labute approximate surface area is 290 Å². The monoisotopic (exact) mass is 715 g/mol. The zero-order valence-electron chi connectivity index (χ0n) is 29.4. The topological polar surface area (TPSA) is 194 Å². The van der Waals surface area contributed by atoms with Crippen LogP contribution in [0.5, 0.6) is 0 Å². The van der Waals surface area contributed by atoms with Crippen molar-refractivity contribution in [1.29, 1.82) is 0 Å². The van der Waals surface area contributed by atoms with Crippen molar-refractivity contribution in [3.05, 3.63) is 0 Å². The van der Waals surface area contributed by atoms with Crippen LogP contribution in [0.2, 0.25) is 0 Å². The van der Waals surface area contributed by atoms with Gasteiger partial charge < -0.3 is 67.3 Å². The Kier molecular flexibility index (Phi) is 38.7. The van der Waals surface area contributed by atoms with Crippen LogP contribution in [0.15, 0.2) is 0 Å². The fourth-order valence-corrected chi connectivity index (χ4v) is 3.40. The number of hydrogen-bond acceptors (Lipinski definition) is 15. The summed E-state index contributed by atoms with van der Waals surface area (Å²) >= 11 is 0. The molecule has 0 atom stereocenters. The van der Waals surface area contributed by atoms with Crippen LogP contribution >= 0.6 is 0 Å². The van der Waals surface area contributed by atoms with Gasteiger partial charge in [0.2, 0.25) is 5.91 Å². The number of nitrogens with one attached hydrogen (secondary N) is 1. The van der Waals surface area contributed by atoms with E-state index in [2.05, 4.69) is 5.32 Å². The number of ether oxygens (including phenoxy) is 12. The molecule has 17 nitrogen and oxygen atoms in total. The molecule has 0 aromatic rings. The van der Waals surface area contributed by atoms with Gasteiger partial charge in [-0.3, -0.25) is 14.4 Å². The molecular weight excluding hydrogens is 654 g/mol. The lowest BCUT2D eigenvalue weighted by molar-refractivity contribution is -0.144. The van der Waals surface area contributed by atoms with Crippen molar-refractivity contribution in [2.75, 3.05) is 159 Å². The molecule has 0 radical (unpaired) electrons. The van der Waals surface area contributed by atoms with Crippen LogP contribution in [0, 0.1) is 0 Å². The van der Waals surface area contributed by atoms with E-state index in [1.54, 1.807) is 6.92 Å². The van der Waals surface area contributed by atoms with Crippen LogP contribution < -0.4 is 5.32 Å². The third-order valence-electron chi connectivity index (χ3n) is 5.83. The number of esters is 1. The van der Waals surface area contributed by atoms with Crippen molar-refractivity contribution >= 4 is 17.8 Å². The number of aliphatic carboxylic acids is 1. The first kappa shape index (κ1) is 47.0. The standard InChI is InChI=1S/C32H61NO16/c1-2-49-32(37)6-9-39-11-13-41-15-17-43-19-21-45-23-25-47-27-29-48-28-26-46-24-22-44-20-18-42-16-14-40-12-10-38-8-3-7-33-30(34)4-5-31(35)36/h2-29H2,1H3,(H,33,34)(H,35,36). The van der Waals surface area contributed by atoms with Gasteiger partial charge in [0.05, 0.1) is 158 Å². The van der Waals surface area contributed by atoms with Crippen molar-refractivity contribution in [2.24, 2.45) is 0 Å². The summed E-state index contributed by atoms with van der Waals surface area (Å²) in [4.78, 5) is 32.9. The van der Waals surface area contributed by atoms with Crippen LogP contribution in [-0.4, -0.2) is 181 Å². The molecule has 0 saturated carbocycles. The van der Waals surface area contributed by atoms with Crippen LogP contribution in [0.25, 0.3) is 0 Å². The molecule has 0 heterocycles. The van der Waals surface area contributed by atoms with Crippen molar-refractivity contribution in [2.45, 2.75) is 32.6 Å². The first-order chi connectivity index (χ1) is 24.1. The maximum Gasteiger partial charge on any atom is 0.308 e. The highest BCUT2D eigenvalue weighted by molar-refractivity contribution is 5.80. The van der Waals surface area contributed by atoms with E-state index in [4.69, 9.17) is 61.9 Å². The molecule has 17 heteroatoms. The number of carbonyl (C=O) groups excluding carboxylic acids is 2. The molecule has 1 amide bonds. The van der Waals surface area contributed by atoms with Gasteiger partial charge in [-0.05, 0) is 13.3 Å². The Morgan fingerprint density at radius 3 is 1.04 bits per heavy atom. The lowest BCUT2D eigenvalue weighted by Gasteiger charge is -2.09. The maximum absolute atomic E-state index is 11.4. The van der Waals surface area contributed by atoms with E-state index in [1.165, 1.54) is 0 Å². The fourth-order valence-electron chi connectivity index (χ4n) is 3.40. The van der Waals surface area contributed by atoms with E-state index in [9.17, 15) is 14.4 Å². The SMILES string of the molecule is CCOC(=O)CCOCCOCCOCCOCCOCCOCCOCCOCCOCCOCCOCCCNC(=O)CCC(=O)O. The first-order valence-corrected chi connectivity index (χ1v) is 17.1. The van der Waals surface area contributed by atoms with E-state index in [1.807, 2.05) is 0 Å². The fraction of sp³-hybridized carbons (Fsp3) is 0.906. The van der Waals surface area contributed by atoms with Crippen molar-refractivity contribution in [3.8, 4) is 0 Å². The van der Waals surface area contributed by atoms with Crippen molar-refractivity contribution in [3.63, 3.8) is 0 Å². The second kappa shape index (κ2) is 40.4. The number of amides is 1. The summed E-state index contributed by atoms with van der Waals surface area (Å²) < 4.78 is 64.5. The lowest BCUT2D eigenvalue weighted by Crippen LogP contribution is -2.25. The summed E-state index contributed by atoms with van der Waals surface area (Å²) in [5, 5.41) is 11.2. The molecule has 0 fully saturated rings. The zero-order chi connectivity index (χ0) is 35.7. The largest absolute Gasteiger partial charge is 0.481 e. The van der Waals surface area contributed by atoms with E-state index in [0.29, 0.717) is 165 Å². The maximum atomic E-state index is 11.4. The van der Waals surface area contributed by atoms with E-state index >= 15 is 0 Å². The van der Waals surface area contributed by atoms with Crippen molar-refractivity contribution < 1.29 is 76.3 Å². The molecule has 0 spiro atoms. The second-order valence-corrected chi connectivity index (χ2v) is 9.89. The molecule has 0 aromatic carbocycles. The molecule has 290 valence electrons. The molecule has 0 aromatic heterocycles. The van der Waals surface area contributed by atoms with Gasteiger partial charge in [0.25, 0.3) is 0 Å². The minimum atomic E-state index is -0.986. The van der Waals surface area contributed by atoms with Gasteiger partial charge >= 0.3 is 11.9 Å². The van der Waals surface area contributed by atoms with E-state index in [0.717, 1.165) is 0 Å². The van der Waals surface area contributed by atoms with Gasteiger partial charge in [-0.2, -0.15) is 0 Å². The summed E-state index contributed by atoms with van der Waals surface area (Å²) in [6.07, 6.45) is 0.716. The van der Waals surface area contributed by atoms with Crippen LogP contribution in [0.1, 0.15) is 32.6 Å². The van der Waals surface area contributed by atoms with Gasteiger partial charge in [-0.15, -0.1) is 0 Å². The summed E-state index contributed by atoms with van der Waals surface area (Å²) in [5.41, 5.74) is 0. The number of carboxylic acids is 1. The molecule has 0 rings (SSSR count). The highest BCUT2D eigenvalue weighted by Gasteiger charge is 2.04. The van der Waals surface area contributed by atoms with Crippen LogP contribution in [0.3, 0.4) is 0 Å². The molecule has 0 saturated heterocycles. The van der Waals surface area contributed by atoms with Crippen LogP contribution in [0.4, 0.5) is 0 Å². The highest BCUT2D eigenvalue weighted by Crippen LogP contribution is 1.91. The third-order valence-corrected chi connectivity index (χ3v) is 5.83. The minimum Gasteiger partial charge on any atom is -0.481 e. The number of carboxylic acid groups (broad SMARTS) is 1. The average Bonchev–Trinajstić information content (AvgIpc) is 3.08. The minimum absolute atomic E-state index is 0.0134. The Morgan fingerprint density at radius 1 is 0.429 bits per heavy atom. The van der Waals surface area contributed by atoms with Gasteiger partial charge in [0, 0.05) is 19.6 Å². The van der Waals surface area contributed by atoms with E-state index in [-0.39, 0.29) is 31.1 Å². The Hall–Kier alpha value is -2.03. The van der Waals surface area contributed by atoms with Gasteiger partial charge in [-0.1, -0.05) is 0 Å². The molecule has 0 aliphatic heterocycles. The Morgan fingerprint density at radius 2 is 0.735 bits per heavy atom. The number of carbonyl (C=O) groups is 3. The molecule has 49 heavy (non-hydrogen) atoms. The summed E-state index contributed by atoms with van der Waals surface area (Å²) in [6.45, 7) is 12.7. The van der Waals surface area contributed by atoms with Gasteiger partial charge in [0.1, 0.15) is 0 Å². The second-order valence-electron chi connectivity index (χ2n) is 9.89. The molecule has 0 aliphatic carbocycles. The van der Waals surface area contributed by atoms with Gasteiger partial charge in [-0.25, -0.2) is 0 Å². The molecule has 0 bridgehead atoms. The van der Waals surface area contributed by atoms with Gasteiger partial charge in [0.15, 0.2) is 0 Å². The lowest BCUT2D eigenvalue weighted by atomic mass is 10.3. The molecular formula is C32H61NO16. The normalized spacial score (nSPS) is 11.2. The third kappa shape index (κ3) is 42.1. The Bertz CT molecular complexity index is 733. The Balaban J connectivity index is 3.10. The smallest absolute Gasteiger partial charge is 0.308 e. The summed E-state index contributed by atoms with van der Waals surface area (Å²) in [7, 11) is 0. The predicted octanol–water partition coefficient (Wildman–Crippen LogP) is 0.493.